The average Bonchev–Trinajstić information content (AvgIpc) is 2.46. The highest BCUT2D eigenvalue weighted by molar-refractivity contribution is 8.16. The first-order valence-corrected chi connectivity index (χ1v) is 5.21. The van der Waals surface area contributed by atoms with E-state index in [1.807, 2.05) is 0 Å². The van der Waals surface area contributed by atoms with Crippen molar-refractivity contribution in [2.24, 2.45) is 4.99 Å². The molecule has 1 N–H and O–H groups in total. The number of rotatable bonds is 1. The number of carboxylic acid groups (broad SMARTS) is 1. The normalized spacial score (nSPS) is 34.1. The molecule has 0 spiro atoms. The average molecular weight is 200 g/mol. The van der Waals surface area contributed by atoms with Gasteiger partial charge in [0.25, 0.3) is 0 Å². The zero-order chi connectivity index (χ0) is 9.42. The molecule has 0 aliphatic carbocycles. The van der Waals surface area contributed by atoms with Crippen molar-refractivity contribution in [1.29, 1.82) is 0 Å². The molecule has 0 amide bonds. The SMILES string of the molecule is CN1CCC2N=C(C(=O)O)SC2C1. The largest absolute Gasteiger partial charge is 0.476 e. The van der Waals surface area contributed by atoms with Crippen LogP contribution in [0.1, 0.15) is 6.42 Å². The van der Waals surface area contributed by atoms with Crippen molar-refractivity contribution in [3.63, 3.8) is 0 Å². The standard InChI is InChI=1S/C8H12N2O2S/c1-10-3-2-5-6(4-10)13-7(9-5)8(11)12/h5-6H,2-4H2,1H3,(H,11,12). The van der Waals surface area contributed by atoms with Crippen LogP contribution in [0.15, 0.2) is 4.99 Å². The third-order valence-corrected chi connectivity index (χ3v) is 3.73. The van der Waals surface area contributed by atoms with E-state index in [4.69, 9.17) is 5.11 Å². The fourth-order valence-electron chi connectivity index (χ4n) is 1.75. The lowest BCUT2D eigenvalue weighted by Crippen LogP contribution is -2.40. The number of aliphatic carboxylic acids is 1. The van der Waals surface area contributed by atoms with Gasteiger partial charge in [-0.3, -0.25) is 4.99 Å². The van der Waals surface area contributed by atoms with Crippen molar-refractivity contribution in [2.45, 2.75) is 17.7 Å². The van der Waals surface area contributed by atoms with Crippen LogP contribution in [0, 0.1) is 0 Å². The van der Waals surface area contributed by atoms with Gasteiger partial charge in [-0.1, -0.05) is 11.8 Å². The minimum atomic E-state index is -0.873. The highest BCUT2D eigenvalue weighted by Crippen LogP contribution is 2.32. The molecule has 2 aliphatic heterocycles. The van der Waals surface area contributed by atoms with Crippen LogP contribution in [0.4, 0.5) is 0 Å². The molecule has 1 fully saturated rings. The summed E-state index contributed by atoms with van der Waals surface area (Å²) in [5, 5.41) is 9.42. The highest BCUT2D eigenvalue weighted by atomic mass is 32.2. The van der Waals surface area contributed by atoms with Gasteiger partial charge in [-0.15, -0.1) is 0 Å². The Balaban J connectivity index is 2.06. The van der Waals surface area contributed by atoms with Crippen molar-refractivity contribution >= 4 is 22.8 Å². The Hall–Kier alpha value is -0.550. The van der Waals surface area contributed by atoms with E-state index in [2.05, 4.69) is 16.9 Å². The maximum Gasteiger partial charge on any atom is 0.360 e. The number of carboxylic acids is 1. The molecule has 0 aromatic heterocycles. The van der Waals surface area contributed by atoms with Gasteiger partial charge in [-0.05, 0) is 20.0 Å². The smallest absolute Gasteiger partial charge is 0.360 e. The van der Waals surface area contributed by atoms with Gasteiger partial charge in [0.1, 0.15) is 0 Å². The number of hydrogen-bond donors (Lipinski definition) is 1. The monoisotopic (exact) mass is 200 g/mol. The number of hydrogen-bond acceptors (Lipinski definition) is 4. The van der Waals surface area contributed by atoms with Gasteiger partial charge in [0.15, 0.2) is 5.04 Å². The third kappa shape index (κ3) is 1.71. The second-order valence-corrected chi connectivity index (χ2v) is 4.74. The van der Waals surface area contributed by atoms with Crippen LogP contribution in [0.2, 0.25) is 0 Å². The fraction of sp³-hybridized carbons (Fsp3) is 0.750. The number of fused-ring (bicyclic) bond motifs is 1. The summed E-state index contributed by atoms with van der Waals surface area (Å²) in [7, 11) is 2.07. The van der Waals surface area contributed by atoms with Gasteiger partial charge < -0.3 is 10.0 Å². The summed E-state index contributed by atoms with van der Waals surface area (Å²) < 4.78 is 0. The van der Waals surface area contributed by atoms with E-state index in [-0.39, 0.29) is 6.04 Å². The molecule has 4 nitrogen and oxygen atoms in total. The zero-order valence-corrected chi connectivity index (χ0v) is 8.25. The quantitative estimate of drug-likeness (QED) is 0.661. The van der Waals surface area contributed by atoms with Gasteiger partial charge in [0.2, 0.25) is 0 Å². The molecule has 2 heterocycles. The van der Waals surface area contributed by atoms with Crippen molar-refractivity contribution in [1.82, 2.24) is 4.90 Å². The predicted molar refractivity (Wildman–Crippen MR) is 52.4 cm³/mol. The number of likely N-dealkylation sites (tertiary alicyclic amines) is 1. The van der Waals surface area contributed by atoms with Crippen molar-refractivity contribution in [2.75, 3.05) is 20.1 Å². The van der Waals surface area contributed by atoms with Crippen molar-refractivity contribution in [3.05, 3.63) is 0 Å². The Bertz CT molecular complexity index is 267. The summed E-state index contributed by atoms with van der Waals surface area (Å²) >= 11 is 1.42. The van der Waals surface area contributed by atoms with E-state index in [0.29, 0.717) is 10.3 Å². The molecule has 0 aromatic carbocycles. The third-order valence-electron chi connectivity index (χ3n) is 2.46. The molecule has 0 aromatic rings. The fourth-order valence-corrected chi connectivity index (χ4v) is 3.02. The van der Waals surface area contributed by atoms with Crippen molar-refractivity contribution in [3.8, 4) is 0 Å². The lowest BCUT2D eigenvalue weighted by molar-refractivity contribution is -0.129. The Morgan fingerprint density at radius 2 is 2.54 bits per heavy atom. The maximum atomic E-state index is 10.7. The molecule has 1 saturated heterocycles. The number of piperidine rings is 1. The van der Waals surface area contributed by atoms with Gasteiger partial charge in [-0.2, -0.15) is 0 Å². The summed E-state index contributed by atoms with van der Waals surface area (Å²) in [6.45, 7) is 1.98. The number of thioether (sulfide) groups is 1. The van der Waals surface area contributed by atoms with Gasteiger partial charge >= 0.3 is 5.97 Å². The van der Waals surface area contributed by atoms with Crippen LogP contribution in [-0.4, -0.2) is 52.4 Å². The number of carbonyl (C=O) groups is 1. The Kier molecular flexibility index (Phi) is 2.29. The molecule has 0 radical (unpaired) electrons. The molecule has 13 heavy (non-hydrogen) atoms. The van der Waals surface area contributed by atoms with Crippen LogP contribution < -0.4 is 0 Å². The first-order chi connectivity index (χ1) is 6.16. The Morgan fingerprint density at radius 3 is 3.23 bits per heavy atom. The van der Waals surface area contributed by atoms with E-state index in [9.17, 15) is 4.79 Å². The summed E-state index contributed by atoms with van der Waals surface area (Å²) in [5.41, 5.74) is 0. The maximum absolute atomic E-state index is 10.7. The Morgan fingerprint density at radius 1 is 1.77 bits per heavy atom. The van der Waals surface area contributed by atoms with Crippen LogP contribution in [0.25, 0.3) is 0 Å². The minimum absolute atomic E-state index is 0.243. The van der Waals surface area contributed by atoms with Crippen LogP contribution in [0.3, 0.4) is 0 Å². The lowest BCUT2D eigenvalue weighted by atomic mass is 10.1. The molecule has 5 heteroatoms. The van der Waals surface area contributed by atoms with Gasteiger partial charge in [-0.25, -0.2) is 4.79 Å². The van der Waals surface area contributed by atoms with Crippen LogP contribution in [-0.2, 0) is 4.79 Å². The van der Waals surface area contributed by atoms with E-state index in [1.54, 1.807) is 0 Å². The summed E-state index contributed by atoms with van der Waals surface area (Å²) in [4.78, 5) is 17.1. The molecule has 2 aliphatic rings. The summed E-state index contributed by atoms with van der Waals surface area (Å²) in [6, 6.07) is 0.243. The van der Waals surface area contributed by atoms with E-state index in [1.165, 1.54) is 11.8 Å². The molecule has 2 atom stereocenters. The van der Waals surface area contributed by atoms with E-state index < -0.39 is 5.97 Å². The Labute approximate surface area is 81.0 Å². The molecular weight excluding hydrogens is 188 g/mol. The first-order valence-electron chi connectivity index (χ1n) is 4.33. The topological polar surface area (TPSA) is 52.9 Å². The van der Waals surface area contributed by atoms with Crippen LogP contribution >= 0.6 is 11.8 Å². The molecule has 0 bridgehead atoms. The predicted octanol–water partition coefficient (Wildman–Crippen LogP) is 0.289. The first kappa shape index (κ1) is 9.02. The molecular formula is C8H12N2O2S. The highest BCUT2D eigenvalue weighted by Gasteiger charge is 2.36. The second kappa shape index (κ2) is 3.31. The zero-order valence-electron chi connectivity index (χ0n) is 7.43. The second-order valence-electron chi connectivity index (χ2n) is 3.51. The van der Waals surface area contributed by atoms with Gasteiger partial charge in [0.05, 0.1) is 6.04 Å². The van der Waals surface area contributed by atoms with Gasteiger partial charge in [0, 0.05) is 11.8 Å². The molecule has 2 unspecified atom stereocenters. The van der Waals surface area contributed by atoms with E-state index in [0.717, 1.165) is 19.5 Å². The molecule has 0 saturated carbocycles. The molecule has 2 rings (SSSR count). The molecule has 72 valence electrons. The lowest BCUT2D eigenvalue weighted by Gasteiger charge is -2.30. The number of aliphatic imine (C=N–C) groups is 1. The van der Waals surface area contributed by atoms with Crippen molar-refractivity contribution < 1.29 is 9.90 Å². The number of nitrogens with zero attached hydrogens (tertiary/aromatic N) is 2. The minimum Gasteiger partial charge on any atom is -0.476 e. The summed E-state index contributed by atoms with van der Waals surface area (Å²) in [5.74, 6) is -0.873. The summed E-state index contributed by atoms with van der Waals surface area (Å²) in [6.07, 6.45) is 0.991. The van der Waals surface area contributed by atoms with Crippen LogP contribution in [0.5, 0.6) is 0 Å². The van der Waals surface area contributed by atoms with E-state index >= 15 is 0 Å².